The van der Waals surface area contributed by atoms with E-state index in [0.717, 1.165) is 11.3 Å². The van der Waals surface area contributed by atoms with Crippen LogP contribution in [0, 0.1) is 5.92 Å². The van der Waals surface area contributed by atoms with Crippen molar-refractivity contribution in [3.05, 3.63) is 11.3 Å². The minimum absolute atomic E-state index is 0.106. The smallest absolute Gasteiger partial charge is 0.140 e. The number of rotatable bonds is 3. The van der Waals surface area contributed by atoms with Crippen LogP contribution in [0.2, 0.25) is 0 Å². The molecule has 0 amide bonds. The molecule has 11 heavy (non-hydrogen) atoms. The highest BCUT2D eigenvalue weighted by atomic mass is 16.5. The first-order valence-electron chi connectivity index (χ1n) is 3.72. The van der Waals surface area contributed by atoms with E-state index < -0.39 is 0 Å². The van der Waals surface area contributed by atoms with E-state index in [1.807, 2.05) is 20.8 Å². The zero-order chi connectivity index (χ0) is 9.02. The Morgan fingerprint density at radius 1 is 1.27 bits per heavy atom. The standard InChI is InChI=1S/C9H16O2/c1-6(2)9(11-5)7(3)8(4)10/h7H,1-5H3. The highest BCUT2D eigenvalue weighted by Crippen LogP contribution is 2.16. The van der Waals surface area contributed by atoms with Crippen LogP contribution in [0.25, 0.3) is 0 Å². The molecule has 0 aliphatic rings. The quantitative estimate of drug-likeness (QED) is 0.585. The van der Waals surface area contributed by atoms with Crippen molar-refractivity contribution in [2.24, 2.45) is 5.92 Å². The Hall–Kier alpha value is -0.790. The monoisotopic (exact) mass is 156 g/mol. The van der Waals surface area contributed by atoms with Crippen LogP contribution in [0.4, 0.5) is 0 Å². The number of allylic oxidation sites excluding steroid dienone is 2. The molecular weight excluding hydrogens is 140 g/mol. The molecule has 0 spiro atoms. The van der Waals surface area contributed by atoms with Gasteiger partial charge < -0.3 is 4.74 Å². The highest BCUT2D eigenvalue weighted by molar-refractivity contribution is 5.80. The molecule has 64 valence electrons. The number of Topliss-reactive ketones (excluding diaryl/α,β-unsaturated/α-hetero) is 1. The van der Waals surface area contributed by atoms with Crippen molar-refractivity contribution in [1.82, 2.24) is 0 Å². The molecule has 0 saturated heterocycles. The second-order valence-electron chi connectivity index (χ2n) is 2.90. The molecular formula is C9H16O2. The topological polar surface area (TPSA) is 26.3 Å². The normalized spacial score (nSPS) is 12.1. The minimum Gasteiger partial charge on any atom is -0.500 e. The van der Waals surface area contributed by atoms with E-state index in [2.05, 4.69) is 0 Å². The van der Waals surface area contributed by atoms with Crippen LogP contribution >= 0.6 is 0 Å². The summed E-state index contributed by atoms with van der Waals surface area (Å²) in [5.74, 6) is 0.825. The van der Waals surface area contributed by atoms with Crippen LogP contribution in [0.3, 0.4) is 0 Å². The number of carbonyl (C=O) groups excluding carboxylic acids is 1. The zero-order valence-electron chi connectivity index (χ0n) is 7.89. The SMILES string of the molecule is COC(=C(C)C)C(C)C(C)=O. The molecule has 0 rings (SSSR count). The number of hydrogen-bond acceptors (Lipinski definition) is 2. The van der Waals surface area contributed by atoms with E-state index >= 15 is 0 Å². The first kappa shape index (κ1) is 10.2. The van der Waals surface area contributed by atoms with Gasteiger partial charge in [0.1, 0.15) is 11.5 Å². The predicted molar refractivity (Wildman–Crippen MR) is 45.2 cm³/mol. The molecule has 0 saturated carbocycles. The van der Waals surface area contributed by atoms with Crippen molar-refractivity contribution < 1.29 is 9.53 Å². The summed E-state index contributed by atoms with van der Waals surface area (Å²) < 4.78 is 5.09. The lowest BCUT2D eigenvalue weighted by Crippen LogP contribution is -2.11. The van der Waals surface area contributed by atoms with Gasteiger partial charge in [0, 0.05) is 0 Å². The van der Waals surface area contributed by atoms with Crippen LogP contribution in [0.15, 0.2) is 11.3 Å². The van der Waals surface area contributed by atoms with Gasteiger partial charge in [-0.05, 0) is 33.3 Å². The van der Waals surface area contributed by atoms with Crippen LogP contribution in [0.1, 0.15) is 27.7 Å². The van der Waals surface area contributed by atoms with Gasteiger partial charge in [-0.25, -0.2) is 0 Å². The van der Waals surface area contributed by atoms with Gasteiger partial charge in [-0.1, -0.05) is 0 Å². The van der Waals surface area contributed by atoms with E-state index in [4.69, 9.17) is 4.74 Å². The summed E-state index contributed by atoms with van der Waals surface area (Å²) in [6.45, 7) is 7.32. The van der Waals surface area contributed by atoms with E-state index in [1.54, 1.807) is 14.0 Å². The van der Waals surface area contributed by atoms with E-state index in [9.17, 15) is 4.79 Å². The second kappa shape index (κ2) is 4.16. The average Bonchev–Trinajstić information content (AvgIpc) is 1.88. The van der Waals surface area contributed by atoms with Crippen molar-refractivity contribution in [3.63, 3.8) is 0 Å². The Labute approximate surface area is 68.2 Å². The third kappa shape index (κ3) is 2.74. The molecule has 0 aromatic carbocycles. The highest BCUT2D eigenvalue weighted by Gasteiger charge is 2.14. The van der Waals surface area contributed by atoms with E-state index in [0.29, 0.717) is 0 Å². The largest absolute Gasteiger partial charge is 0.500 e. The molecule has 0 aliphatic heterocycles. The van der Waals surface area contributed by atoms with Gasteiger partial charge in [-0.15, -0.1) is 0 Å². The Kier molecular flexibility index (Phi) is 3.86. The fraction of sp³-hybridized carbons (Fsp3) is 0.667. The molecule has 0 fully saturated rings. The first-order chi connectivity index (χ1) is 5.00. The lowest BCUT2D eigenvalue weighted by Gasteiger charge is -2.13. The van der Waals surface area contributed by atoms with Gasteiger partial charge in [-0.3, -0.25) is 4.79 Å². The summed E-state index contributed by atoms with van der Waals surface area (Å²) in [6, 6.07) is 0. The molecule has 0 aromatic heterocycles. The molecule has 0 heterocycles. The van der Waals surface area contributed by atoms with Gasteiger partial charge in [-0.2, -0.15) is 0 Å². The molecule has 1 unspecified atom stereocenters. The van der Waals surface area contributed by atoms with Gasteiger partial charge >= 0.3 is 0 Å². The maximum absolute atomic E-state index is 10.9. The molecule has 0 bridgehead atoms. The molecule has 0 radical (unpaired) electrons. The third-order valence-electron chi connectivity index (χ3n) is 1.72. The van der Waals surface area contributed by atoms with Crippen molar-refractivity contribution >= 4 is 5.78 Å². The first-order valence-corrected chi connectivity index (χ1v) is 3.72. The van der Waals surface area contributed by atoms with Crippen molar-refractivity contribution in [2.75, 3.05) is 7.11 Å². The summed E-state index contributed by atoms with van der Waals surface area (Å²) in [7, 11) is 1.60. The zero-order valence-corrected chi connectivity index (χ0v) is 7.89. The van der Waals surface area contributed by atoms with Gasteiger partial charge in [0.25, 0.3) is 0 Å². The summed E-state index contributed by atoms with van der Waals surface area (Å²) in [5.41, 5.74) is 1.07. The fourth-order valence-electron chi connectivity index (χ4n) is 0.999. The van der Waals surface area contributed by atoms with Crippen LogP contribution in [0.5, 0.6) is 0 Å². The molecule has 2 heteroatoms. The van der Waals surface area contributed by atoms with E-state index in [1.165, 1.54) is 0 Å². The molecule has 0 aromatic rings. The summed E-state index contributed by atoms with van der Waals surface area (Å²) in [6.07, 6.45) is 0. The Bertz CT molecular complexity index is 176. The molecule has 2 nitrogen and oxygen atoms in total. The fourth-order valence-corrected chi connectivity index (χ4v) is 0.999. The number of ether oxygens (including phenoxy) is 1. The molecule has 0 aliphatic carbocycles. The van der Waals surface area contributed by atoms with Crippen LogP contribution < -0.4 is 0 Å². The Balaban J connectivity index is 4.53. The van der Waals surface area contributed by atoms with Crippen LogP contribution in [-0.2, 0) is 9.53 Å². The van der Waals surface area contributed by atoms with Crippen molar-refractivity contribution in [1.29, 1.82) is 0 Å². The Morgan fingerprint density at radius 3 is 1.82 bits per heavy atom. The maximum Gasteiger partial charge on any atom is 0.140 e. The molecule has 0 N–H and O–H groups in total. The number of methoxy groups -OCH3 is 1. The van der Waals surface area contributed by atoms with Gasteiger partial charge in [0.05, 0.1) is 13.0 Å². The number of ketones is 1. The van der Waals surface area contributed by atoms with Gasteiger partial charge in [0.15, 0.2) is 0 Å². The van der Waals surface area contributed by atoms with Crippen LogP contribution in [-0.4, -0.2) is 12.9 Å². The lowest BCUT2D eigenvalue weighted by molar-refractivity contribution is -0.120. The third-order valence-corrected chi connectivity index (χ3v) is 1.72. The second-order valence-corrected chi connectivity index (χ2v) is 2.90. The van der Waals surface area contributed by atoms with Gasteiger partial charge in [0.2, 0.25) is 0 Å². The maximum atomic E-state index is 10.9. The van der Waals surface area contributed by atoms with E-state index in [-0.39, 0.29) is 11.7 Å². The lowest BCUT2D eigenvalue weighted by atomic mass is 10.0. The van der Waals surface area contributed by atoms with Crippen molar-refractivity contribution in [2.45, 2.75) is 27.7 Å². The summed E-state index contributed by atoms with van der Waals surface area (Å²) >= 11 is 0. The predicted octanol–water partition coefficient (Wildman–Crippen LogP) is 2.15. The Morgan fingerprint density at radius 2 is 1.73 bits per heavy atom. The average molecular weight is 156 g/mol. The number of hydrogen-bond donors (Lipinski definition) is 0. The summed E-state index contributed by atoms with van der Waals surface area (Å²) in [5, 5.41) is 0. The summed E-state index contributed by atoms with van der Waals surface area (Å²) in [4.78, 5) is 10.9. The van der Waals surface area contributed by atoms with Crippen molar-refractivity contribution in [3.8, 4) is 0 Å². The number of carbonyl (C=O) groups is 1. The minimum atomic E-state index is -0.106. The molecule has 1 atom stereocenters.